The van der Waals surface area contributed by atoms with E-state index in [4.69, 9.17) is 16.6 Å². The van der Waals surface area contributed by atoms with Crippen molar-refractivity contribution in [3.8, 4) is 16.9 Å². The predicted octanol–water partition coefficient (Wildman–Crippen LogP) is 2.07. The average Bonchev–Trinajstić information content (AvgIpc) is 3.11. The molecule has 150 valence electrons. The molecule has 1 fully saturated rings. The van der Waals surface area contributed by atoms with Crippen molar-refractivity contribution in [1.82, 2.24) is 15.2 Å². The second kappa shape index (κ2) is 8.31. The van der Waals surface area contributed by atoms with E-state index in [1.165, 1.54) is 12.1 Å². The van der Waals surface area contributed by atoms with E-state index in [9.17, 15) is 14.7 Å². The van der Waals surface area contributed by atoms with Gasteiger partial charge < -0.3 is 27.0 Å². The number of nitrogens with one attached hydrogen (secondary N) is 3. The van der Waals surface area contributed by atoms with Crippen molar-refractivity contribution in [2.45, 2.75) is 11.9 Å². The first-order chi connectivity index (χ1) is 13.8. The quantitative estimate of drug-likeness (QED) is 0.361. The summed E-state index contributed by atoms with van der Waals surface area (Å²) < 4.78 is 0. The van der Waals surface area contributed by atoms with E-state index in [0.29, 0.717) is 40.4 Å². The van der Waals surface area contributed by atoms with Crippen molar-refractivity contribution in [2.24, 2.45) is 0 Å². The molecule has 0 radical (unpaired) electrons. The van der Waals surface area contributed by atoms with Crippen LogP contribution in [0.25, 0.3) is 11.1 Å². The standard InChI is InChI=1S/C19H20N6O3S/c1-10(21)15-16(11-2-4-12(26)5-3-11)13(8-20)18(24-17(15)22)29-9-14(27)25-7-6-23-19(25)28/h2-5,8,20-21,26H,6-7,9H2,1H3,(H2,22,24)(H,23,28). The van der Waals surface area contributed by atoms with E-state index in [0.717, 1.165) is 22.9 Å². The van der Waals surface area contributed by atoms with Crippen LogP contribution in [-0.2, 0) is 4.79 Å². The number of aromatic hydroxyl groups is 1. The van der Waals surface area contributed by atoms with Crippen molar-refractivity contribution in [3.63, 3.8) is 0 Å². The van der Waals surface area contributed by atoms with Crippen LogP contribution < -0.4 is 11.1 Å². The number of phenolic OH excluding ortho intramolecular Hbond substituents is 1. The molecule has 0 saturated carbocycles. The highest BCUT2D eigenvalue weighted by molar-refractivity contribution is 8.00. The Morgan fingerprint density at radius 3 is 2.66 bits per heavy atom. The first-order valence-electron chi connectivity index (χ1n) is 8.73. The van der Waals surface area contributed by atoms with Gasteiger partial charge in [0, 0.05) is 41.7 Å². The van der Waals surface area contributed by atoms with Crippen LogP contribution in [0.3, 0.4) is 0 Å². The van der Waals surface area contributed by atoms with E-state index in [1.807, 2.05) is 0 Å². The Morgan fingerprint density at radius 2 is 2.10 bits per heavy atom. The lowest BCUT2D eigenvalue weighted by Crippen LogP contribution is -2.35. The summed E-state index contributed by atoms with van der Waals surface area (Å²) in [5, 5.41) is 28.5. The van der Waals surface area contributed by atoms with Crippen LogP contribution in [0.2, 0.25) is 0 Å². The van der Waals surface area contributed by atoms with Gasteiger partial charge in [-0.05, 0) is 24.6 Å². The molecule has 10 heteroatoms. The van der Waals surface area contributed by atoms with Crippen LogP contribution >= 0.6 is 11.8 Å². The monoisotopic (exact) mass is 412 g/mol. The zero-order valence-electron chi connectivity index (χ0n) is 15.7. The number of thioether (sulfide) groups is 1. The van der Waals surface area contributed by atoms with Gasteiger partial charge in [0.25, 0.3) is 0 Å². The fraction of sp³-hybridized carbons (Fsp3) is 0.211. The third-order valence-electron chi connectivity index (χ3n) is 4.39. The minimum Gasteiger partial charge on any atom is -0.508 e. The summed E-state index contributed by atoms with van der Waals surface area (Å²) in [5.74, 6) is -0.206. The molecule has 0 atom stereocenters. The Balaban J connectivity index is 2.03. The highest BCUT2D eigenvalue weighted by atomic mass is 32.2. The number of urea groups is 1. The van der Waals surface area contributed by atoms with Gasteiger partial charge in [0.15, 0.2) is 0 Å². The number of carbonyl (C=O) groups excluding carboxylic acids is 2. The number of carbonyl (C=O) groups is 2. The number of hydrogen-bond acceptors (Lipinski definition) is 8. The molecule has 2 heterocycles. The summed E-state index contributed by atoms with van der Waals surface area (Å²) in [5.41, 5.74) is 8.30. The molecule has 1 aromatic carbocycles. The number of benzene rings is 1. The number of imide groups is 1. The fourth-order valence-corrected chi connectivity index (χ4v) is 3.96. The van der Waals surface area contributed by atoms with Crippen molar-refractivity contribution in [1.29, 1.82) is 10.8 Å². The number of aromatic nitrogens is 1. The van der Waals surface area contributed by atoms with Crippen molar-refractivity contribution >= 4 is 41.4 Å². The molecule has 0 aliphatic carbocycles. The molecule has 3 rings (SSSR count). The minimum atomic E-state index is -0.421. The van der Waals surface area contributed by atoms with Gasteiger partial charge in [-0.2, -0.15) is 0 Å². The highest BCUT2D eigenvalue weighted by Gasteiger charge is 2.27. The molecule has 1 aliphatic rings. The van der Waals surface area contributed by atoms with E-state index in [1.54, 1.807) is 19.1 Å². The van der Waals surface area contributed by atoms with Crippen LogP contribution in [0, 0.1) is 10.8 Å². The van der Waals surface area contributed by atoms with Gasteiger partial charge in [-0.1, -0.05) is 23.9 Å². The van der Waals surface area contributed by atoms with Gasteiger partial charge >= 0.3 is 6.03 Å². The van der Waals surface area contributed by atoms with Gasteiger partial charge in [-0.15, -0.1) is 0 Å². The molecule has 0 unspecified atom stereocenters. The number of phenols is 1. The Bertz CT molecular complexity index is 1010. The number of anilines is 1. The molecule has 9 nitrogen and oxygen atoms in total. The Morgan fingerprint density at radius 1 is 1.41 bits per heavy atom. The van der Waals surface area contributed by atoms with Gasteiger partial charge in [-0.3, -0.25) is 9.69 Å². The summed E-state index contributed by atoms with van der Waals surface area (Å²) >= 11 is 1.08. The molecular formula is C19H20N6O3S. The summed E-state index contributed by atoms with van der Waals surface area (Å²) in [4.78, 5) is 29.5. The second-order valence-electron chi connectivity index (χ2n) is 6.35. The van der Waals surface area contributed by atoms with Gasteiger partial charge in [0.1, 0.15) is 16.6 Å². The van der Waals surface area contributed by atoms with Crippen LogP contribution in [-0.4, -0.2) is 57.7 Å². The van der Waals surface area contributed by atoms with Crippen LogP contribution in [0.15, 0.2) is 29.3 Å². The number of amides is 3. The Labute approximate surface area is 171 Å². The molecule has 2 aromatic rings. The molecule has 0 spiro atoms. The van der Waals surface area contributed by atoms with Gasteiger partial charge in [0.2, 0.25) is 5.91 Å². The summed E-state index contributed by atoms with van der Waals surface area (Å²) in [6, 6.07) is 5.92. The lowest BCUT2D eigenvalue weighted by molar-refractivity contribution is -0.124. The SMILES string of the molecule is CC(=N)c1c(N)nc(SCC(=O)N2CCNC2=O)c(C=N)c1-c1ccc(O)cc1. The van der Waals surface area contributed by atoms with E-state index in [2.05, 4.69) is 10.3 Å². The lowest BCUT2D eigenvalue weighted by atomic mass is 9.94. The fourth-order valence-electron chi connectivity index (χ4n) is 3.06. The van der Waals surface area contributed by atoms with Crippen molar-refractivity contribution < 1.29 is 14.7 Å². The Kier molecular flexibility index (Phi) is 5.83. The molecular weight excluding hydrogens is 392 g/mol. The van der Waals surface area contributed by atoms with Gasteiger partial charge in [-0.25, -0.2) is 9.78 Å². The van der Waals surface area contributed by atoms with Crippen LogP contribution in [0.4, 0.5) is 10.6 Å². The normalized spacial score (nSPS) is 13.3. The van der Waals surface area contributed by atoms with Crippen molar-refractivity contribution in [2.75, 3.05) is 24.6 Å². The highest BCUT2D eigenvalue weighted by Crippen LogP contribution is 2.36. The zero-order chi connectivity index (χ0) is 21.1. The molecule has 29 heavy (non-hydrogen) atoms. The maximum atomic E-state index is 12.3. The summed E-state index contributed by atoms with van der Waals surface area (Å²) in [6.45, 7) is 2.31. The largest absolute Gasteiger partial charge is 0.508 e. The Hall–Kier alpha value is -3.40. The topological polar surface area (TPSA) is 156 Å². The lowest BCUT2D eigenvalue weighted by Gasteiger charge is -2.18. The number of nitrogens with two attached hydrogens (primary N) is 1. The first kappa shape index (κ1) is 20.3. The van der Waals surface area contributed by atoms with Crippen LogP contribution in [0.5, 0.6) is 5.75 Å². The molecule has 3 amide bonds. The van der Waals surface area contributed by atoms with E-state index >= 15 is 0 Å². The smallest absolute Gasteiger partial charge is 0.324 e. The number of nitrogen functional groups attached to an aromatic ring is 1. The number of nitrogens with zero attached hydrogens (tertiary/aromatic N) is 2. The maximum absolute atomic E-state index is 12.3. The summed E-state index contributed by atoms with van der Waals surface area (Å²) in [6.07, 6.45) is 1.11. The molecule has 1 aromatic heterocycles. The summed E-state index contributed by atoms with van der Waals surface area (Å²) in [7, 11) is 0. The third-order valence-corrected chi connectivity index (χ3v) is 5.37. The molecule has 6 N–H and O–H groups in total. The van der Waals surface area contributed by atoms with E-state index < -0.39 is 6.03 Å². The first-order valence-corrected chi connectivity index (χ1v) is 9.72. The molecule has 0 bridgehead atoms. The average molecular weight is 412 g/mol. The van der Waals surface area contributed by atoms with Gasteiger partial charge in [0.05, 0.1) is 5.75 Å². The number of rotatable bonds is 6. The predicted molar refractivity (Wildman–Crippen MR) is 112 cm³/mol. The zero-order valence-corrected chi connectivity index (χ0v) is 16.5. The third kappa shape index (κ3) is 4.06. The number of hydrogen-bond donors (Lipinski definition) is 5. The van der Waals surface area contributed by atoms with Crippen LogP contribution in [0.1, 0.15) is 18.1 Å². The maximum Gasteiger partial charge on any atom is 0.324 e. The molecule has 1 saturated heterocycles. The number of pyridine rings is 1. The van der Waals surface area contributed by atoms with E-state index in [-0.39, 0.29) is 28.9 Å². The minimum absolute atomic E-state index is 0.0430. The van der Waals surface area contributed by atoms with Crippen molar-refractivity contribution in [3.05, 3.63) is 35.4 Å². The molecule has 1 aliphatic heterocycles. The second-order valence-corrected chi connectivity index (χ2v) is 7.31.